The van der Waals surface area contributed by atoms with Gasteiger partial charge in [0.05, 0.1) is 7.11 Å². The van der Waals surface area contributed by atoms with Gasteiger partial charge < -0.3 is 20.1 Å². The van der Waals surface area contributed by atoms with Gasteiger partial charge in [-0.2, -0.15) is 0 Å². The predicted molar refractivity (Wildman–Crippen MR) is 126 cm³/mol. The van der Waals surface area contributed by atoms with Crippen LogP contribution in [0.1, 0.15) is 25.3 Å². The number of guanidine groups is 1. The topological polar surface area (TPSA) is 54.9 Å². The van der Waals surface area contributed by atoms with Crippen molar-refractivity contribution in [2.75, 3.05) is 40.5 Å². The van der Waals surface area contributed by atoms with Gasteiger partial charge in [-0.25, -0.2) is 0 Å². The molecular formula is C24H33N3O2S. The lowest BCUT2D eigenvalue weighted by Crippen LogP contribution is -2.48. The number of aliphatic imine (C=N–C) groups is 1. The van der Waals surface area contributed by atoms with Crippen molar-refractivity contribution in [2.24, 2.45) is 4.99 Å². The number of hydrogen-bond acceptors (Lipinski definition) is 4. The van der Waals surface area contributed by atoms with Gasteiger partial charge in [0.25, 0.3) is 0 Å². The number of hydrogen-bond donors (Lipinski definition) is 2. The second kappa shape index (κ2) is 11.3. The van der Waals surface area contributed by atoms with Crippen molar-refractivity contribution in [1.82, 2.24) is 10.6 Å². The number of nitrogens with zero attached hydrogens (tertiary/aromatic N) is 1. The molecule has 6 heteroatoms. The number of methoxy groups -OCH3 is 1. The summed E-state index contributed by atoms with van der Waals surface area (Å²) in [5.41, 5.74) is 1.36. The lowest BCUT2D eigenvalue weighted by atomic mass is 9.74. The molecule has 2 aromatic carbocycles. The minimum atomic E-state index is 0.0343. The summed E-state index contributed by atoms with van der Waals surface area (Å²) in [5.74, 6) is 1.73. The molecule has 30 heavy (non-hydrogen) atoms. The monoisotopic (exact) mass is 427 g/mol. The third kappa shape index (κ3) is 6.16. The van der Waals surface area contributed by atoms with E-state index in [1.165, 1.54) is 10.5 Å². The van der Waals surface area contributed by atoms with Crippen LogP contribution in [0.4, 0.5) is 0 Å². The maximum atomic E-state index is 5.66. The van der Waals surface area contributed by atoms with Crippen LogP contribution in [0.2, 0.25) is 0 Å². The van der Waals surface area contributed by atoms with E-state index in [1.807, 2.05) is 37.0 Å². The highest BCUT2D eigenvalue weighted by Crippen LogP contribution is 2.35. The zero-order chi connectivity index (χ0) is 21.2. The molecule has 0 amide bonds. The number of benzene rings is 2. The summed E-state index contributed by atoms with van der Waals surface area (Å²) >= 11 is 1.87. The molecule has 0 saturated carbocycles. The Hall–Kier alpha value is -2.18. The van der Waals surface area contributed by atoms with E-state index >= 15 is 0 Å². The second-order valence-electron chi connectivity index (χ2n) is 7.67. The van der Waals surface area contributed by atoms with Crippen molar-refractivity contribution in [3.8, 4) is 5.75 Å². The van der Waals surface area contributed by atoms with Gasteiger partial charge in [-0.3, -0.25) is 4.99 Å². The summed E-state index contributed by atoms with van der Waals surface area (Å²) in [5, 5.41) is 7.49. The molecule has 5 nitrogen and oxygen atoms in total. The molecule has 1 fully saturated rings. The molecule has 0 bridgehead atoms. The highest BCUT2D eigenvalue weighted by molar-refractivity contribution is 8.00. The predicted octanol–water partition coefficient (Wildman–Crippen LogP) is 4.09. The van der Waals surface area contributed by atoms with Crippen molar-refractivity contribution >= 4 is 17.7 Å². The van der Waals surface area contributed by atoms with E-state index in [0.717, 1.165) is 50.9 Å². The number of nitrogens with one attached hydrogen (secondary N) is 2. The third-order valence-electron chi connectivity index (χ3n) is 5.61. The van der Waals surface area contributed by atoms with Crippen LogP contribution in [-0.4, -0.2) is 51.7 Å². The smallest absolute Gasteiger partial charge is 0.191 e. The Bertz CT molecular complexity index is 790. The fourth-order valence-corrected chi connectivity index (χ4v) is 4.71. The van der Waals surface area contributed by atoms with E-state index in [9.17, 15) is 0 Å². The first-order valence-corrected chi connectivity index (χ1v) is 11.4. The highest BCUT2D eigenvalue weighted by Gasteiger charge is 2.34. The normalized spacial score (nSPS) is 17.2. The number of thioether (sulfide) groups is 1. The van der Waals surface area contributed by atoms with Gasteiger partial charge in [0, 0.05) is 48.9 Å². The molecule has 0 spiro atoms. The van der Waals surface area contributed by atoms with Gasteiger partial charge in [0.2, 0.25) is 0 Å². The summed E-state index contributed by atoms with van der Waals surface area (Å²) in [6.45, 7) is 5.46. The van der Waals surface area contributed by atoms with Crippen molar-refractivity contribution in [3.63, 3.8) is 0 Å². The molecule has 1 atom stereocenters. The first-order valence-electron chi connectivity index (χ1n) is 10.5. The molecule has 0 aromatic heterocycles. The molecule has 1 saturated heterocycles. The van der Waals surface area contributed by atoms with Crippen molar-refractivity contribution in [1.29, 1.82) is 0 Å². The van der Waals surface area contributed by atoms with E-state index in [1.54, 1.807) is 7.11 Å². The van der Waals surface area contributed by atoms with Crippen molar-refractivity contribution in [3.05, 3.63) is 60.2 Å². The van der Waals surface area contributed by atoms with Gasteiger partial charge in [-0.1, -0.05) is 37.3 Å². The van der Waals surface area contributed by atoms with E-state index in [0.29, 0.717) is 5.25 Å². The average Bonchev–Trinajstić information content (AvgIpc) is 2.80. The summed E-state index contributed by atoms with van der Waals surface area (Å²) in [4.78, 5) is 5.72. The van der Waals surface area contributed by atoms with Crippen LogP contribution in [0.3, 0.4) is 0 Å². The summed E-state index contributed by atoms with van der Waals surface area (Å²) in [6, 6.07) is 19.0. The van der Waals surface area contributed by atoms with E-state index in [-0.39, 0.29) is 5.41 Å². The Morgan fingerprint density at radius 2 is 1.80 bits per heavy atom. The van der Waals surface area contributed by atoms with Gasteiger partial charge >= 0.3 is 0 Å². The fraction of sp³-hybridized carbons (Fsp3) is 0.458. The van der Waals surface area contributed by atoms with Crippen molar-refractivity contribution in [2.45, 2.75) is 35.3 Å². The molecule has 162 valence electrons. The highest BCUT2D eigenvalue weighted by atomic mass is 32.2. The molecule has 2 N–H and O–H groups in total. The van der Waals surface area contributed by atoms with Gasteiger partial charge in [0.15, 0.2) is 5.96 Å². The van der Waals surface area contributed by atoms with Crippen LogP contribution in [-0.2, 0) is 10.2 Å². The Balaban J connectivity index is 1.58. The van der Waals surface area contributed by atoms with Crippen LogP contribution in [0.5, 0.6) is 5.75 Å². The first kappa shape index (κ1) is 22.5. The van der Waals surface area contributed by atoms with Crippen LogP contribution in [0.15, 0.2) is 64.5 Å². The van der Waals surface area contributed by atoms with E-state index in [4.69, 9.17) is 9.47 Å². The summed E-state index contributed by atoms with van der Waals surface area (Å²) in [6.07, 6.45) is 1.98. The van der Waals surface area contributed by atoms with E-state index in [2.05, 4.69) is 58.9 Å². The molecule has 1 aliphatic rings. The largest absolute Gasteiger partial charge is 0.497 e. The van der Waals surface area contributed by atoms with Gasteiger partial charge in [-0.05, 0) is 42.7 Å². The zero-order valence-electron chi connectivity index (χ0n) is 18.2. The molecule has 0 radical (unpaired) electrons. The average molecular weight is 428 g/mol. The van der Waals surface area contributed by atoms with Crippen LogP contribution in [0.25, 0.3) is 0 Å². The Kier molecular flexibility index (Phi) is 8.46. The number of rotatable bonds is 8. The minimum absolute atomic E-state index is 0.0343. The molecule has 2 aromatic rings. The SMILES string of the molecule is CN=C(NCC(C)Sc1ccccc1)NCC1(c2ccc(OC)cc2)CCOCC1. The van der Waals surface area contributed by atoms with Crippen LogP contribution >= 0.6 is 11.8 Å². The maximum Gasteiger partial charge on any atom is 0.191 e. The Morgan fingerprint density at radius 3 is 2.43 bits per heavy atom. The minimum Gasteiger partial charge on any atom is -0.497 e. The van der Waals surface area contributed by atoms with Gasteiger partial charge in [-0.15, -0.1) is 11.8 Å². The third-order valence-corrected chi connectivity index (χ3v) is 6.72. The molecule has 1 aliphatic heterocycles. The fourth-order valence-electron chi connectivity index (χ4n) is 3.76. The van der Waals surface area contributed by atoms with Crippen LogP contribution < -0.4 is 15.4 Å². The lowest BCUT2D eigenvalue weighted by Gasteiger charge is -2.38. The van der Waals surface area contributed by atoms with Gasteiger partial charge in [0.1, 0.15) is 5.75 Å². The lowest BCUT2D eigenvalue weighted by molar-refractivity contribution is 0.0513. The molecule has 1 heterocycles. The standard InChI is InChI=1S/C24H33N3O2S/c1-19(30-22-7-5-4-6-8-22)17-26-23(25-2)27-18-24(13-15-29-16-14-24)20-9-11-21(28-3)12-10-20/h4-12,19H,13-18H2,1-3H3,(H2,25,26,27). The van der Waals surface area contributed by atoms with E-state index < -0.39 is 0 Å². The Morgan fingerprint density at radius 1 is 1.10 bits per heavy atom. The first-order chi connectivity index (χ1) is 14.6. The molecule has 3 rings (SSSR count). The quantitative estimate of drug-likeness (QED) is 0.378. The molecule has 0 aliphatic carbocycles. The molecular weight excluding hydrogens is 394 g/mol. The summed E-state index contributed by atoms with van der Waals surface area (Å²) in [7, 11) is 3.53. The van der Waals surface area contributed by atoms with Crippen molar-refractivity contribution < 1.29 is 9.47 Å². The maximum absolute atomic E-state index is 5.66. The number of ether oxygens (including phenoxy) is 2. The summed E-state index contributed by atoms with van der Waals surface area (Å²) < 4.78 is 11.0. The van der Waals surface area contributed by atoms with Crippen LogP contribution in [0, 0.1) is 0 Å². The zero-order valence-corrected chi connectivity index (χ0v) is 19.0. The Labute approximate surface area is 184 Å². The molecule has 1 unspecified atom stereocenters. The second-order valence-corrected chi connectivity index (χ2v) is 9.18.